The van der Waals surface area contributed by atoms with Gasteiger partial charge in [-0.3, -0.25) is 4.79 Å². The molecule has 0 bridgehead atoms. The number of hydrogen-bond acceptors (Lipinski definition) is 1. The lowest BCUT2D eigenvalue weighted by molar-refractivity contribution is 0.0992. The molecule has 18 heavy (non-hydrogen) atoms. The zero-order chi connectivity index (χ0) is 12.5. The van der Waals surface area contributed by atoms with Crippen molar-refractivity contribution in [3.63, 3.8) is 0 Å². The number of hydrogen-bond donors (Lipinski definition) is 0. The summed E-state index contributed by atoms with van der Waals surface area (Å²) in [6, 6.07) is 13.8. The van der Waals surface area contributed by atoms with Gasteiger partial charge in [-0.05, 0) is 34.9 Å². The zero-order valence-electron chi connectivity index (χ0n) is 9.69. The van der Waals surface area contributed by atoms with Gasteiger partial charge in [-0.2, -0.15) is 0 Å². The first-order chi connectivity index (χ1) is 8.74. The highest BCUT2D eigenvalue weighted by Crippen LogP contribution is 2.24. The summed E-state index contributed by atoms with van der Waals surface area (Å²) >= 11 is 3.44. The molecule has 3 rings (SSSR count). The van der Waals surface area contributed by atoms with Crippen LogP contribution >= 0.6 is 15.9 Å². The van der Waals surface area contributed by atoms with Crippen LogP contribution in [0.3, 0.4) is 0 Å². The van der Waals surface area contributed by atoms with Gasteiger partial charge in [0, 0.05) is 16.5 Å². The molecule has 0 amide bonds. The van der Waals surface area contributed by atoms with Gasteiger partial charge in [0.25, 0.3) is 0 Å². The monoisotopic (exact) mass is 298 g/mol. The fourth-order valence-electron chi connectivity index (χ4n) is 2.23. The van der Waals surface area contributed by atoms with Gasteiger partial charge in [-0.15, -0.1) is 0 Å². The Morgan fingerprint density at radius 3 is 2.61 bits per heavy atom. The Kier molecular flexibility index (Phi) is 2.88. The zero-order valence-corrected chi connectivity index (χ0v) is 11.3. The number of rotatable bonds is 0. The lowest BCUT2D eigenvalue weighted by Crippen LogP contribution is -2.08. The number of benzene rings is 2. The highest BCUT2D eigenvalue weighted by atomic mass is 79.9. The summed E-state index contributed by atoms with van der Waals surface area (Å²) in [6.07, 6.45) is 4.55. The van der Waals surface area contributed by atoms with Crippen LogP contribution in [0.2, 0.25) is 0 Å². The number of halogens is 1. The van der Waals surface area contributed by atoms with Crippen molar-refractivity contribution < 1.29 is 4.79 Å². The van der Waals surface area contributed by atoms with E-state index in [4.69, 9.17) is 0 Å². The molecule has 0 N–H and O–H groups in total. The van der Waals surface area contributed by atoms with E-state index in [1.807, 2.05) is 48.5 Å². The predicted octanol–water partition coefficient (Wildman–Crippen LogP) is 4.36. The summed E-state index contributed by atoms with van der Waals surface area (Å²) in [5.74, 6) is 0.175. The van der Waals surface area contributed by atoms with Crippen LogP contribution in [0.4, 0.5) is 0 Å². The molecule has 0 radical (unpaired) electrons. The van der Waals surface area contributed by atoms with Gasteiger partial charge in [-0.1, -0.05) is 52.3 Å². The largest absolute Gasteiger partial charge is 0.294 e. The molecule has 0 unspecified atom stereocenters. The molecule has 1 aliphatic carbocycles. The minimum atomic E-state index is 0.175. The number of ketones is 1. The van der Waals surface area contributed by atoms with Crippen LogP contribution < -0.4 is 0 Å². The van der Waals surface area contributed by atoms with Gasteiger partial charge in [0.05, 0.1) is 0 Å². The standard InChI is InChI=1S/C16H11BrO/c17-14-7-8-15-13(9-14)6-5-11-3-1-2-4-12(11)10-16(15)18/h1-9H,10H2/b6-5-. The third kappa shape index (κ3) is 2.04. The van der Waals surface area contributed by atoms with E-state index >= 15 is 0 Å². The van der Waals surface area contributed by atoms with Gasteiger partial charge in [-0.25, -0.2) is 0 Å². The van der Waals surface area contributed by atoms with Crippen LogP contribution in [0.5, 0.6) is 0 Å². The number of fused-ring (bicyclic) bond motifs is 2. The topological polar surface area (TPSA) is 17.1 Å². The fraction of sp³-hybridized carbons (Fsp3) is 0.0625. The Hall–Kier alpha value is -1.67. The van der Waals surface area contributed by atoms with E-state index in [0.717, 1.165) is 26.7 Å². The van der Waals surface area contributed by atoms with E-state index in [2.05, 4.69) is 22.0 Å². The van der Waals surface area contributed by atoms with Gasteiger partial charge in [0.15, 0.2) is 5.78 Å². The molecule has 2 aromatic carbocycles. The van der Waals surface area contributed by atoms with E-state index in [1.54, 1.807) is 0 Å². The average Bonchev–Trinajstić information content (AvgIpc) is 2.36. The third-order valence-electron chi connectivity index (χ3n) is 3.16. The van der Waals surface area contributed by atoms with E-state index in [-0.39, 0.29) is 5.78 Å². The van der Waals surface area contributed by atoms with Crippen molar-refractivity contribution in [3.8, 4) is 0 Å². The first kappa shape index (κ1) is 11.4. The second kappa shape index (κ2) is 4.54. The molecular weight excluding hydrogens is 288 g/mol. The molecule has 2 aromatic rings. The molecule has 0 fully saturated rings. The Balaban J connectivity index is 2.19. The van der Waals surface area contributed by atoms with Crippen LogP contribution in [-0.2, 0) is 6.42 Å². The fourth-order valence-corrected chi connectivity index (χ4v) is 2.61. The van der Waals surface area contributed by atoms with Crippen LogP contribution in [0.1, 0.15) is 27.0 Å². The number of Topliss-reactive ketones (excluding diaryl/α,β-unsaturated/α-hetero) is 1. The van der Waals surface area contributed by atoms with Crippen molar-refractivity contribution >= 4 is 33.9 Å². The average molecular weight is 299 g/mol. The van der Waals surface area contributed by atoms with Gasteiger partial charge >= 0.3 is 0 Å². The van der Waals surface area contributed by atoms with Crippen LogP contribution in [-0.4, -0.2) is 5.78 Å². The molecule has 1 aliphatic rings. The lowest BCUT2D eigenvalue weighted by Gasteiger charge is -2.12. The predicted molar refractivity (Wildman–Crippen MR) is 77.5 cm³/mol. The summed E-state index contributed by atoms with van der Waals surface area (Å²) in [5.41, 5.74) is 3.98. The van der Waals surface area contributed by atoms with Gasteiger partial charge < -0.3 is 0 Å². The van der Waals surface area contributed by atoms with Crippen molar-refractivity contribution in [1.29, 1.82) is 0 Å². The minimum absolute atomic E-state index is 0.175. The molecule has 88 valence electrons. The molecule has 2 heteroatoms. The molecule has 0 spiro atoms. The second-order valence-electron chi connectivity index (χ2n) is 4.36. The summed E-state index contributed by atoms with van der Waals surface area (Å²) in [6.45, 7) is 0. The smallest absolute Gasteiger partial charge is 0.167 e. The SMILES string of the molecule is O=C1Cc2ccccc2/C=C\c2cc(Br)ccc21. The first-order valence-corrected chi connectivity index (χ1v) is 6.62. The van der Waals surface area contributed by atoms with E-state index < -0.39 is 0 Å². The number of carbonyl (C=O) groups is 1. The van der Waals surface area contributed by atoms with Crippen LogP contribution in [0, 0.1) is 0 Å². The summed E-state index contributed by atoms with van der Waals surface area (Å²) in [7, 11) is 0. The normalized spacial score (nSPS) is 15.3. The molecule has 0 atom stereocenters. The van der Waals surface area contributed by atoms with Crippen molar-refractivity contribution in [3.05, 3.63) is 69.2 Å². The van der Waals surface area contributed by atoms with Crippen LogP contribution in [0.15, 0.2) is 46.9 Å². The van der Waals surface area contributed by atoms with Crippen molar-refractivity contribution in [2.45, 2.75) is 6.42 Å². The molecule has 0 saturated carbocycles. The Morgan fingerprint density at radius 2 is 1.72 bits per heavy atom. The highest BCUT2D eigenvalue weighted by Gasteiger charge is 2.14. The first-order valence-electron chi connectivity index (χ1n) is 5.83. The Bertz CT molecular complexity index is 656. The van der Waals surface area contributed by atoms with E-state index in [0.29, 0.717) is 6.42 Å². The lowest BCUT2D eigenvalue weighted by atomic mass is 9.92. The minimum Gasteiger partial charge on any atom is -0.294 e. The molecule has 1 nitrogen and oxygen atoms in total. The Labute approximate surface area is 114 Å². The van der Waals surface area contributed by atoms with Crippen molar-refractivity contribution in [2.75, 3.05) is 0 Å². The molecular formula is C16H11BrO. The van der Waals surface area contributed by atoms with E-state index in [9.17, 15) is 4.79 Å². The molecule has 0 saturated heterocycles. The van der Waals surface area contributed by atoms with Crippen molar-refractivity contribution in [1.82, 2.24) is 0 Å². The van der Waals surface area contributed by atoms with Gasteiger partial charge in [0.1, 0.15) is 0 Å². The quantitative estimate of drug-likeness (QED) is 0.706. The van der Waals surface area contributed by atoms with Crippen LogP contribution in [0.25, 0.3) is 12.2 Å². The maximum atomic E-state index is 12.3. The third-order valence-corrected chi connectivity index (χ3v) is 3.66. The Morgan fingerprint density at radius 1 is 0.944 bits per heavy atom. The summed E-state index contributed by atoms with van der Waals surface area (Å²) in [4.78, 5) is 12.3. The highest BCUT2D eigenvalue weighted by molar-refractivity contribution is 9.10. The second-order valence-corrected chi connectivity index (χ2v) is 5.28. The molecule has 0 heterocycles. The summed E-state index contributed by atoms with van der Waals surface area (Å²) < 4.78 is 0.993. The molecule has 0 aliphatic heterocycles. The van der Waals surface area contributed by atoms with Gasteiger partial charge in [0.2, 0.25) is 0 Å². The summed E-state index contributed by atoms with van der Waals surface area (Å²) in [5, 5.41) is 0. The maximum absolute atomic E-state index is 12.3. The number of carbonyl (C=O) groups excluding carboxylic acids is 1. The molecule has 0 aromatic heterocycles. The van der Waals surface area contributed by atoms with Crippen molar-refractivity contribution in [2.24, 2.45) is 0 Å². The van der Waals surface area contributed by atoms with E-state index in [1.165, 1.54) is 0 Å². The maximum Gasteiger partial charge on any atom is 0.167 e.